The Labute approximate surface area is 289 Å². The standard InChI is InChI=1S/C38H33Cl2N3O4S/c39-29-17-20-34-32(25-29)31(21-23-41-30-18-15-28(16-19-30)38(44)45)35(22-24-42-48(46,47)36-14-8-7-13-33(36)40)43(34)37(26-9-3-1-4-10-26)27-11-5-2-6-12-27/h1-20,25,37,41-42H,21-24H2,(H,44,45). The molecule has 3 N–H and O–H groups in total. The number of aromatic nitrogens is 1. The first-order valence-corrected chi connectivity index (χ1v) is 17.7. The van der Waals surface area contributed by atoms with Gasteiger partial charge in [0.1, 0.15) is 4.90 Å². The van der Waals surface area contributed by atoms with Gasteiger partial charge in [0.15, 0.2) is 0 Å². The number of carboxylic acid groups (broad SMARTS) is 1. The highest BCUT2D eigenvalue weighted by molar-refractivity contribution is 7.89. The van der Waals surface area contributed by atoms with E-state index in [2.05, 4.69) is 38.9 Å². The molecule has 1 heterocycles. The number of hydrogen-bond donors (Lipinski definition) is 3. The van der Waals surface area contributed by atoms with Crippen LogP contribution in [0.2, 0.25) is 10.0 Å². The minimum atomic E-state index is -3.88. The van der Waals surface area contributed by atoms with Crippen LogP contribution < -0.4 is 10.0 Å². The summed E-state index contributed by atoms with van der Waals surface area (Å²) in [5.74, 6) is -0.979. The van der Waals surface area contributed by atoms with Crippen LogP contribution in [0.1, 0.15) is 38.8 Å². The summed E-state index contributed by atoms with van der Waals surface area (Å²) < 4.78 is 31.7. The quantitative estimate of drug-likeness (QED) is 0.112. The van der Waals surface area contributed by atoms with Crippen molar-refractivity contribution in [2.24, 2.45) is 0 Å². The van der Waals surface area contributed by atoms with E-state index in [9.17, 15) is 18.3 Å². The predicted molar refractivity (Wildman–Crippen MR) is 193 cm³/mol. The lowest BCUT2D eigenvalue weighted by molar-refractivity contribution is 0.0697. The number of halogens is 2. The van der Waals surface area contributed by atoms with Crippen LogP contribution in [0.5, 0.6) is 0 Å². The van der Waals surface area contributed by atoms with Crippen molar-refractivity contribution < 1.29 is 18.3 Å². The zero-order chi connectivity index (χ0) is 33.7. The van der Waals surface area contributed by atoms with Crippen molar-refractivity contribution in [2.45, 2.75) is 23.8 Å². The summed E-state index contributed by atoms with van der Waals surface area (Å²) in [5, 5.41) is 14.4. The van der Waals surface area contributed by atoms with Crippen LogP contribution in [-0.4, -0.2) is 37.2 Å². The van der Waals surface area contributed by atoms with Crippen LogP contribution in [0.15, 0.2) is 132 Å². The van der Waals surface area contributed by atoms with E-state index in [4.69, 9.17) is 23.2 Å². The Hall–Kier alpha value is -4.60. The molecule has 0 unspecified atom stereocenters. The molecule has 0 bridgehead atoms. The molecular formula is C38H33Cl2N3O4S. The third kappa shape index (κ3) is 7.27. The second-order valence-electron chi connectivity index (χ2n) is 11.3. The number of nitrogens with zero attached hydrogens (tertiary/aromatic N) is 1. The van der Waals surface area contributed by atoms with Crippen LogP contribution >= 0.6 is 23.2 Å². The van der Waals surface area contributed by atoms with Gasteiger partial charge < -0.3 is 15.0 Å². The van der Waals surface area contributed by atoms with Gasteiger partial charge in [-0.2, -0.15) is 0 Å². The Morgan fingerprint density at radius 1 is 0.750 bits per heavy atom. The number of nitrogens with one attached hydrogen (secondary N) is 2. The molecule has 1 aromatic heterocycles. The molecular weight excluding hydrogens is 665 g/mol. The van der Waals surface area contributed by atoms with E-state index in [0.29, 0.717) is 24.4 Å². The van der Waals surface area contributed by atoms with Gasteiger partial charge in [-0.15, -0.1) is 0 Å². The zero-order valence-electron chi connectivity index (χ0n) is 25.8. The van der Waals surface area contributed by atoms with E-state index < -0.39 is 16.0 Å². The Morgan fingerprint density at radius 3 is 2.00 bits per heavy atom. The Morgan fingerprint density at radius 2 is 1.38 bits per heavy atom. The SMILES string of the molecule is O=C(O)c1ccc(NCCc2c(CCNS(=O)(=O)c3ccccc3Cl)n(C(c3ccccc3)c3ccccc3)c3ccc(Cl)cc23)cc1. The Bertz CT molecular complexity index is 2110. The second kappa shape index (κ2) is 14.7. The lowest BCUT2D eigenvalue weighted by atomic mass is 9.97. The molecule has 48 heavy (non-hydrogen) atoms. The molecule has 0 saturated heterocycles. The van der Waals surface area contributed by atoms with Crippen LogP contribution in [0.4, 0.5) is 5.69 Å². The molecule has 7 nitrogen and oxygen atoms in total. The van der Waals surface area contributed by atoms with Crippen LogP contribution in [0.25, 0.3) is 10.9 Å². The molecule has 6 aromatic rings. The third-order valence-corrected chi connectivity index (χ3v) is 10.5. The van der Waals surface area contributed by atoms with Crippen LogP contribution in [-0.2, 0) is 22.9 Å². The summed E-state index contributed by atoms with van der Waals surface area (Å²) in [6.45, 7) is 0.669. The molecule has 0 saturated carbocycles. The fourth-order valence-corrected chi connectivity index (χ4v) is 7.84. The molecule has 0 radical (unpaired) electrons. The van der Waals surface area contributed by atoms with Gasteiger partial charge >= 0.3 is 5.97 Å². The van der Waals surface area contributed by atoms with E-state index in [0.717, 1.165) is 39.0 Å². The summed E-state index contributed by atoms with van der Waals surface area (Å²) in [7, 11) is -3.88. The zero-order valence-corrected chi connectivity index (χ0v) is 28.1. The van der Waals surface area contributed by atoms with Crippen molar-refractivity contribution >= 4 is 55.8 Å². The molecule has 0 aliphatic rings. The van der Waals surface area contributed by atoms with E-state index in [1.807, 2.05) is 54.6 Å². The fraction of sp³-hybridized carbons (Fsp3) is 0.132. The summed E-state index contributed by atoms with van der Waals surface area (Å²) in [6, 6.07) is 39.1. The minimum absolute atomic E-state index is 0.0313. The number of benzene rings is 5. The fourth-order valence-electron chi connectivity index (χ4n) is 6.12. The number of hydrogen-bond acceptors (Lipinski definition) is 4. The summed E-state index contributed by atoms with van der Waals surface area (Å²) >= 11 is 12.9. The molecule has 0 atom stereocenters. The number of sulfonamides is 1. The molecule has 10 heteroatoms. The first-order chi connectivity index (χ1) is 23.2. The van der Waals surface area contributed by atoms with E-state index in [-0.39, 0.29) is 28.1 Å². The van der Waals surface area contributed by atoms with Gasteiger partial charge in [-0.3, -0.25) is 0 Å². The number of anilines is 1. The number of aromatic carboxylic acids is 1. The van der Waals surface area contributed by atoms with Crippen molar-refractivity contribution in [3.8, 4) is 0 Å². The molecule has 0 fully saturated rings. The minimum Gasteiger partial charge on any atom is -0.478 e. The molecule has 0 spiro atoms. The highest BCUT2D eigenvalue weighted by Gasteiger charge is 2.26. The Kier molecular flexibility index (Phi) is 10.2. The van der Waals surface area contributed by atoms with Gasteiger partial charge in [-0.1, -0.05) is 96.0 Å². The van der Waals surface area contributed by atoms with Crippen molar-refractivity contribution in [3.05, 3.63) is 165 Å². The second-order valence-corrected chi connectivity index (χ2v) is 13.9. The number of carboxylic acids is 1. The topological polar surface area (TPSA) is 100 Å². The van der Waals surface area contributed by atoms with Crippen LogP contribution in [0, 0.1) is 0 Å². The highest BCUT2D eigenvalue weighted by atomic mass is 35.5. The van der Waals surface area contributed by atoms with Crippen molar-refractivity contribution in [3.63, 3.8) is 0 Å². The van der Waals surface area contributed by atoms with Gasteiger partial charge in [0.2, 0.25) is 10.0 Å². The summed E-state index contributed by atoms with van der Waals surface area (Å²) in [5.41, 5.74) is 6.15. The average molecular weight is 699 g/mol. The first-order valence-electron chi connectivity index (χ1n) is 15.5. The maximum Gasteiger partial charge on any atom is 0.335 e. The van der Waals surface area contributed by atoms with E-state index in [1.165, 1.54) is 6.07 Å². The van der Waals surface area contributed by atoms with Crippen LogP contribution in [0.3, 0.4) is 0 Å². The molecule has 0 amide bonds. The lowest BCUT2D eigenvalue weighted by Crippen LogP contribution is -2.27. The highest BCUT2D eigenvalue weighted by Crippen LogP contribution is 2.38. The van der Waals surface area contributed by atoms with Gasteiger partial charge in [0.05, 0.1) is 16.6 Å². The molecule has 0 aliphatic heterocycles. The smallest absolute Gasteiger partial charge is 0.335 e. The molecule has 0 aliphatic carbocycles. The van der Waals surface area contributed by atoms with E-state index >= 15 is 0 Å². The van der Waals surface area contributed by atoms with Gasteiger partial charge in [-0.25, -0.2) is 17.9 Å². The van der Waals surface area contributed by atoms with Crippen molar-refractivity contribution in [1.29, 1.82) is 0 Å². The number of fused-ring (bicyclic) bond motifs is 1. The van der Waals surface area contributed by atoms with Gasteiger partial charge in [0, 0.05) is 46.8 Å². The average Bonchev–Trinajstić information content (AvgIpc) is 3.37. The first kappa shape index (κ1) is 33.3. The molecule has 244 valence electrons. The van der Waals surface area contributed by atoms with Crippen molar-refractivity contribution in [2.75, 3.05) is 18.4 Å². The normalized spacial score (nSPS) is 11.6. The lowest BCUT2D eigenvalue weighted by Gasteiger charge is -2.25. The maximum absolute atomic E-state index is 13.3. The number of rotatable bonds is 13. The third-order valence-electron chi connectivity index (χ3n) is 8.29. The Balaban J connectivity index is 1.44. The van der Waals surface area contributed by atoms with Crippen molar-refractivity contribution in [1.82, 2.24) is 9.29 Å². The summed E-state index contributed by atoms with van der Waals surface area (Å²) in [4.78, 5) is 11.4. The van der Waals surface area contributed by atoms with E-state index in [1.54, 1.807) is 42.5 Å². The number of carbonyl (C=O) groups is 1. The maximum atomic E-state index is 13.3. The molecule has 5 aromatic carbocycles. The van der Waals surface area contributed by atoms with Gasteiger partial charge in [0.25, 0.3) is 0 Å². The molecule has 6 rings (SSSR count). The monoisotopic (exact) mass is 697 g/mol. The summed E-state index contributed by atoms with van der Waals surface area (Å²) in [6.07, 6.45) is 0.974. The predicted octanol–water partition coefficient (Wildman–Crippen LogP) is 8.46. The largest absolute Gasteiger partial charge is 0.478 e. The van der Waals surface area contributed by atoms with Gasteiger partial charge in [-0.05, 0) is 77.7 Å².